The molecule has 0 atom stereocenters. The zero-order valence-corrected chi connectivity index (χ0v) is 35.2. The molecular weight excluding hydrogens is 799 g/mol. The van der Waals surface area contributed by atoms with E-state index < -0.39 is 0 Å². The lowest BCUT2D eigenvalue weighted by molar-refractivity contribution is 1.07. The van der Waals surface area contributed by atoms with Gasteiger partial charge in [0.05, 0.1) is 22.2 Å². The molecule has 0 aliphatic carbocycles. The minimum atomic E-state index is 0.630. The smallest absolute Gasteiger partial charge is 0.164 e. The van der Waals surface area contributed by atoms with Crippen LogP contribution in [0.25, 0.3) is 126 Å². The highest BCUT2D eigenvalue weighted by Crippen LogP contribution is 2.44. The van der Waals surface area contributed by atoms with Crippen LogP contribution < -0.4 is 0 Å². The van der Waals surface area contributed by atoms with Crippen LogP contribution in [-0.4, -0.2) is 24.5 Å². The fraction of sp³-hybridized carbons (Fsp3) is 0. The van der Waals surface area contributed by atoms with E-state index >= 15 is 0 Å². The van der Waals surface area contributed by atoms with Crippen LogP contribution in [0.15, 0.2) is 212 Å². The summed E-state index contributed by atoms with van der Waals surface area (Å²) in [7, 11) is 0. The van der Waals surface area contributed by atoms with Crippen LogP contribution >= 0.6 is 11.3 Å². The second kappa shape index (κ2) is 14.7. The lowest BCUT2D eigenvalue weighted by atomic mass is 9.97. The highest BCUT2D eigenvalue weighted by Gasteiger charge is 2.19. The molecule has 0 radical (unpaired) electrons. The standard InChI is InChI=1S/C58H35N5S/c1-4-14-37(15-5-1)54-46-31-30-44-48-34-40(29-33-52(48)64-55(44)53(46)45-21-10-12-22-49(45)59-54)36-24-26-39(27-25-36)57-60-56(38-16-6-2-7-17-38)61-58(62-57)41-28-32-51-47(35-41)43-20-11-13-23-50(43)63(51)42-18-8-3-9-19-42/h1-35H. The van der Waals surface area contributed by atoms with E-state index in [0.717, 1.165) is 66.7 Å². The van der Waals surface area contributed by atoms with Crippen LogP contribution in [-0.2, 0) is 0 Å². The van der Waals surface area contributed by atoms with E-state index in [1.807, 2.05) is 29.5 Å². The van der Waals surface area contributed by atoms with E-state index in [4.69, 9.17) is 19.9 Å². The van der Waals surface area contributed by atoms with E-state index in [9.17, 15) is 0 Å². The summed E-state index contributed by atoms with van der Waals surface area (Å²) in [6, 6.07) is 74.9. The van der Waals surface area contributed by atoms with Gasteiger partial charge >= 0.3 is 0 Å². The van der Waals surface area contributed by atoms with Crippen molar-refractivity contribution in [3.05, 3.63) is 212 Å². The molecule has 0 saturated heterocycles. The van der Waals surface area contributed by atoms with Gasteiger partial charge < -0.3 is 4.57 Å². The van der Waals surface area contributed by atoms with Crippen LogP contribution in [0.5, 0.6) is 0 Å². The Labute approximate surface area is 372 Å². The Bertz CT molecular complexity index is 3930. The quantitative estimate of drug-likeness (QED) is 0.157. The first-order chi connectivity index (χ1) is 31.7. The predicted octanol–water partition coefficient (Wildman–Crippen LogP) is 15.4. The molecule has 9 aromatic carbocycles. The first kappa shape index (κ1) is 36.3. The molecule has 0 N–H and O–H groups in total. The van der Waals surface area contributed by atoms with E-state index in [2.05, 4.69) is 199 Å². The zero-order valence-electron chi connectivity index (χ0n) is 34.4. The minimum Gasteiger partial charge on any atom is -0.309 e. The molecule has 0 spiro atoms. The zero-order chi connectivity index (χ0) is 42.1. The number of para-hydroxylation sites is 3. The topological polar surface area (TPSA) is 56.5 Å². The van der Waals surface area contributed by atoms with Crippen molar-refractivity contribution in [1.29, 1.82) is 0 Å². The Hall–Kier alpha value is -8.32. The molecule has 4 heterocycles. The molecule has 0 amide bonds. The number of pyridine rings is 1. The number of benzene rings is 9. The van der Waals surface area contributed by atoms with Gasteiger partial charge in [0, 0.05) is 75.0 Å². The summed E-state index contributed by atoms with van der Waals surface area (Å²) in [5.74, 6) is 1.90. The van der Waals surface area contributed by atoms with Crippen LogP contribution in [0.1, 0.15) is 0 Å². The van der Waals surface area contributed by atoms with Crippen LogP contribution in [0.4, 0.5) is 0 Å². The molecule has 0 saturated carbocycles. The fourth-order valence-corrected chi connectivity index (χ4v) is 10.6. The summed E-state index contributed by atoms with van der Waals surface area (Å²) in [5.41, 5.74) is 11.7. The van der Waals surface area contributed by atoms with Crippen molar-refractivity contribution in [2.45, 2.75) is 0 Å². The van der Waals surface area contributed by atoms with Gasteiger partial charge in [-0.25, -0.2) is 19.9 Å². The van der Waals surface area contributed by atoms with E-state index in [-0.39, 0.29) is 0 Å². The van der Waals surface area contributed by atoms with E-state index in [0.29, 0.717) is 17.5 Å². The average molecular weight is 834 g/mol. The van der Waals surface area contributed by atoms with Gasteiger partial charge in [0.25, 0.3) is 0 Å². The van der Waals surface area contributed by atoms with Gasteiger partial charge in [0.15, 0.2) is 17.5 Å². The molecular formula is C58H35N5S. The second-order valence-corrected chi connectivity index (χ2v) is 17.2. The number of hydrogen-bond donors (Lipinski definition) is 0. The summed E-state index contributed by atoms with van der Waals surface area (Å²) < 4.78 is 4.88. The maximum absolute atomic E-state index is 5.18. The summed E-state index contributed by atoms with van der Waals surface area (Å²) in [5, 5.41) is 8.46. The molecule has 0 unspecified atom stereocenters. The summed E-state index contributed by atoms with van der Waals surface area (Å²) in [6.45, 7) is 0. The third kappa shape index (κ3) is 5.92. The monoisotopic (exact) mass is 833 g/mol. The predicted molar refractivity (Wildman–Crippen MR) is 267 cm³/mol. The molecule has 13 aromatic rings. The largest absolute Gasteiger partial charge is 0.309 e. The van der Waals surface area contributed by atoms with E-state index in [1.165, 1.54) is 41.7 Å². The molecule has 298 valence electrons. The van der Waals surface area contributed by atoms with Gasteiger partial charge in [-0.15, -0.1) is 11.3 Å². The number of hydrogen-bond acceptors (Lipinski definition) is 5. The maximum atomic E-state index is 5.18. The Kier molecular flexibility index (Phi) is 8.32. The van der Waals surface area contributed by atoms with Crippen molar-refractivity contribution in [2.24, 2.45) is 0 Å². The van der Waals surface area contributed by atoms with Crippen molar-refractivity contribution in [3.63, 3.8) is 0 Å². The van der Waals surface area contributed by atoms with Crippen LogP contribution in [0.2, 0.25) is 0 Å². The molecule has 0 aliphatic heterocycles. The van der Waals surface area contributed by atoms with Gasteiger partial charge in [0.1, 0.15) is 0 Å². The van der Waals surface area contributed by atoms with Gasteiger partial charge in [-0.05, 0) is 65.7 Å². The SMILES string of the molecule is c1ccc(-c2nc(-c3ccc(-c4ccc5sc6c(ccc7c(-c8ccccc8)nc8ccccc8c76)c5c4)cc3)nc(-c3ccc4c(c3)c3ccccc3n4-c3ccccc3)n2)cc1. The Morgan fingerprint density at radius 3 is 1.64 bits per heavy atom. The normalized spacial score (nSPS) is 11.8. The van der Waals surface area contributed by atoms with Gasteiger partial charge in [-0.2, -0.15) is 0 Å². The third-order valence-corrected chi connectivity index (χ3v) is 13.6. The minimum absolute atomic E-state index is 0.630. The van der Waals surface area contributed by atoms with Gasteiger partial charge in [0.2, 0.25) is 0 Å². The number of aromatic nitrogens is 5. The fourth-order valence-electron chi connectivity index (χ4n) is 9.39. The number of fused-ring (bicyclic) bond motifs is 10. The number of thiophene rings is 1. The van der Waals surface area contributed by atoms with Crippen molar-refractivity contribution in [2.75, 3.05) is 0 Å². The van der Waals surface area contributed by atoms with Gasteiger partial charge in [-0.1, -0.05) is 158 Å². The number of nitrogens with zero attached hydrogens (tertiary/aromatic N) is 5. The van der Waals surface area contributed by atoms with E-state index in [1.54, 1.807) is 0 Å². The van der Waals surface area contributed by atoms with Crippen molar-refractivity contribution in [3.8, 4) is 62.2 Å². The van der Waals surface area contributed by atoms with Crippen LogP contribution in [0.3, 0.4) is 0 Å². The lowest BCUT2D eigenvalue weighted by Crippen LogP contribution is -2.00. The van der Waals surface area contributed by atoms with Crippen molar-refractivity contribution < 1.29 is 0 Å². The summed E-state index contributed by atoms with van der Waals surface area (Å²) in [4.78, 5) is 20.5. The highest BCUT2D eigenvalue weighted by atomic mass is 32.1. The number of rotatable bonds is 6. The first-order valence-electron chi connectivity index (χ1n) is 21.5. The van der Waals surface area contributed by atoms with Gasteiger partial charge in [-0.3, -0.25) is 0 Å². The molecule has 6 heteroatoms. The first-order valence-corrected chi connectivity index (χ1v) is 22.3. The average Bonchev–Trinajstić information content (AvgIpc) is 3.92. The highest BCUT2D eigenvalue weighted by molar-refractivity contribution is 7.26. The van der Waals surface area contributed by atoms with Crippen LogP contribution in [0, 0.1) is 0 Å². The maximum Gasteiger partial charge on any atom is 0.164 e. The molecule has 0 aliphatic rings. The third-order valence-electron chi connectivity index (χ3n) is 12.4. The molecule has 5 nitrogen and oxygen atoms in total. The lowest BCUT2D eigenvalue weighted by Gasteiger charge is -2.11. The molecule has 64 heavy (non-hydrogen) atoms. The van der Waals surface area contributed by atoms with Crippen molar-refractivity contribution in [1.82, 2.24) is 24.5 Å². The Morgan fingerprint density at radius 2 is 0.875 bits per heavy atom. The molecule has 0 bridgehead atoms. The van der Waals surface area contributed by atoms with Crippen molar-refractivity contribution >= 4 is 75.0 Å². The second-order valence-electron chi connectivity index (χ2n) is 16.2. The Morgan fingerprint density at radius 1 is 0.328 bits per heavy atom. The molecule has 4 aromatic heterocycles. The molecule has 0 fully saturated rings. The summed E-state index contributed by atoms with van der Waals surface area (Å²) >= 11 is 1.86. The molecule has 13 rings (SSSR count). The Balaban J connectivity index is 0.907. The summed E-state index contributed by atoms with van der Waals surface area (Å²) in [6.07, 6.45) is 0.